The van der Waals surface area contributed by atoms with Gasteiger partial charge in [-0.1, -0.05) is 24.3 Å². The second-order valence-electron chi connectivity index (χ2n) is 5.20. The molecule has 0 bridgehead atoms. The summed E-state index contributed by atoms with van der Waals surface area (Å²) in [5.41, 5.74) is 1.92. The molecule has 1 N–H and O–H groups in total. The monoisotopic (exact) mass is 289 g/mol. The van der Waals surface area contributed by atoms with E-state index in [0.29, 0.717) is 26.2 Å². The predicted octanol–water partition coefficient (Wildman–Crippen LogP) is 1.93. The predicted molar refractivity (Wildman–Crippen MR) is 82.0 cm³/mol. The zero-order chi connectivity index (χ0) is 15.4. The lowest BCUT2D eigenvalue weighted by Crippen LogP contribution is -2.55. The third-order valence-corrected chi connectivity index (χ3v) is 3.97. The number of hydrogen-bond donors (Lipinski definition) is 1. The van der Waals surface area contributed by atoms with Crippen LogP contribution in [-0.4, -0.2) is 47.9 Å². The second-order valence-corrected chi connectivity index (χ2v) is 5.20. The number of benzene rings is 1. The Morgan fingerprint density at radius 2 is 2.00 bits per heavy atom. The minimum absolute atomic E-state index is 0.0666. The molecule has 5 nitrogen and oxygen atoms in total. The number of amides is 3. The molecule has 1 heterocycles. The molecular formula is C16H23N3O2. The van der Waals surface area contributed by atoms with Gasteiger partial charge < -0.3 is 15.1 Å². The van der Waals surface area contributed by atoms with Crippen molar-refractivity contribution in [1.29, 1.82) is 0 Å². The summed E-state index contributed by atoms with van der Waals surface area (Å²) in [5, 5.41) is 2.87. The SMILES string of the molecule is CCN(CC)C(=O)N1CCNC(=O)C1c1ccccc1C. The van der Waals surface area contributed by atoms with Crippen molar-refractivity contribution >= 4 is 11.9 Å². The highest BCUT2D eigenvalue weighted by molar-refractivity contribution is 5.89. The Bertz CT molecular complexity index is 526. The number of carbonyl (C=O) groups is 2. The van der Waals surface area contributed by atoms with E-state index in [1.165, 1.54) is 0 Å². The van der Waals surface area contributed by atoms with Crippen LogP contribution in [0.15, 0.2) is 24.3 Å². The van der Waals surface area contributed by atoms with E-state index in [0.717, 1.165) is 11.1 Å². The molecule has 1 unspecified atom stereocenters. The van der Waals surface area contributed by atoms with E-state index in [4.69, 9.17) is 0 Å². The number of nitrogens with zero attached hydrogens (tertiary/aromatic N) is 2. The Balaban J connectivity index is 2.36. The Labute approximate surface area is 125 Å². The summed E-state index contributed by atoms with van der Waals surface area (Å²) in [6.07, 6.45) is 0. The maximum absolute atomic E-state index is 12.7. The lowest BCUT2D eigenvalue weighted by Gasteiger charge is -2.38. The van der Waals surface area contributed by atoms with Crippen molar-refractivity contribution in [3.8, 4) is 0 Å². The summed E-state index contributed by atoms with van der Waals surface area (Å²) in [4.78, 5) is 28.5. The zero-order valence-electron chi connectivity index (χ0n) is 12.9. The van der Waals surface area contributed by atoms with Crippen molar-refractivity contribution in [2.45, 2.75) is 26.8 Å². The van der Waals surface area contributed by atoms with Crippen LogP contribution in [-0.2, 0) is 4.79 Å². The number of aryl methyl sites for hydroxylation is 1. The minimum Gasteiger partial charge on any atom is -0.352 e. The van der Waals surface area contributed by atoms with Crippen molar-refractivity contribution in [3.63, 3.8) is 0 Å². The first-order valence-electron chi connectivity index (χ1n) is 7.48. The lowest BCUT2D eigenvalue weighted by molar-refractivity contribution is -0.128. The van der Waals surface area contributed by atoms with Crippen LogP contribution in [0.2, 0.25) is 0 Å². The van der Waals surface area contributed by atoms with Gasteiger partial charge in [0.25, 0.3) is 0 Å². The van der Waals surface area contributed by atoms with Crippen LogP contribution < -0.4 is 5.32 Å². The van der Waals surface area contributed by atoms with Crippen LogP contribution in [0.3, 0.4) is 0 Å². The summed E-state index contributed by atoms with van der Waals surface area (Å²) in [5.74, 6) is -0.101. The summed E-state index contributed by atoms with van der Waals surface area (Å²) in [6.45, 7) is 8.22. The number of urea groups is 1. The average Bonchev–Trinajstić information content (AvgIpc) is 2.49. The Morgan fingerprint density at radius 3 is 2.62 bits per heavy atom. The molecule has 1 saturated heterocycles. The van der Waals surface area contributed by atoms with Gasteiger partial charge in [-0.05, 0) is 31.9 Å². The molecule has 1 aliphatic rings. The fourth-order valence-electron chi connectivity index (χ4n) is 2.75. The molecule has 1 fully saturated rings. The van der Waals surface area contributed by atoms with Gasteiger partial charge in [0.05, 0.1) is 0 Å². The van der Waals surface area contributed by atoms with E-state index in [9.17, 15) is 9.59 Å². The first kappa shape index (κ1) is 15.4. The largest absolute Gasteiger partial charge is 0.352 e. The standard InChI is InChI=1S/C16H23N3O2/c1-4-18(5-2)16(21)19-11-10-17-15(20)14(19)13-9-7-6-8-12(13)3/h6-9,14H,4-5,10-11H2,1-3H3,(H,17,20). The van der Waals surface area contributed by atoms with Gasteiger partial charge in [0.15, 0.2) is 0 Å². The van der Waals surface area contributed by atoms with Gasteiger partial charge in [0, 0.05) is 26.2 Å². The molecule has 2 rings (SSSR count). The van der Waals surface area contributed by atoms with Crippen molar-refractivity contribution in [2.24, 2.45) is 0 Å². The fraction of sp³-hybridized carbons (Fsp3) is 0.500. The maximum Gasteiger partial charge on any atom is 0.321 e. The molecule has 0 radical (unpaired) electrons. The summed E-state index contributed by atoms with van der Waals surface area (Å²) < 4.78 is 0. The van der Waals surface area contributed by atoms with Crippen LogP contribution in [0.1, 0.15) is 31.0 Å². The van der Waals surface area contributed by atoms with Crippen molar-refractivity contribution in [1.82, 2.24) is 15.1 Å². The average molecular weight is 289 g/mol. The number of piperazine rings is 1. The van der Waals surface area contributed by atoms with Gasteiger partial charge in [0.2, 0.25) is 5.91 Å². The van der Waals surface area contributed by atoms with Gasteiger partial charge in [-0.25, -0.2) is 4.79 Å². The molecule has 1 aromatic carbocycles. The van der Waals surface area contributed by atoms with Gasteiger partial charge in [-0.15, -0.1) is 0 Å². The highest BCUT2D eigenvalue weighted by Crippen LogP contribution is 2.27. The van der Waals surface area contributed by atoms with Crippen LogP contribution in [0.4, 0.5) is 4.79 Å². The fourth-order valence-corrected chi connectivity index (χ4v) is 2.75. The van der Waals surface area contributed by atoms with E-state index in [1.54, 1.807) is 9.80 Å². The molecule has 21 heavy (non-hydrogen) atoms. The Hall–Kier alpha value is -2.04. The molecule has 114 valence electrons. The Morgan fingerprint density at radius 1 is 1.33 bits per heavy atom. The van der Waals surface area contributed by atoms with Crippen molar-refractivity contribution in [2.75, 3.05) is 26.2 Å². The number of hydrogen-bond acceptors (Lipinski definition) is 2. The normalized spacial score (nSPS) is 18.3. The first-order chi connectivity index (χ1) is 10.1. The van der Waals surface area contributed by atoms with E-state index >= 15 is 0 Å². The molecule has 0 aromatic heterocycles. The topological polar surface area (TPSA) is 52.7 Å². The molecule has 0 aliphatic carbocycles. The molecule has 1 atom stereocenters. The quantitative estimate of drug-likeness (QED) is 0.924. The van der Waals surface area contributed by atoms with Crippen LogP contribution in [0.25, 0.3) is 0 Å². The van der Waals surface area contributed by atoms with Crippen LogP contribution in [0, 0.1) is 6.92 Å². The smallest absolute Gasteiger partial charge is 0.321 e. The summed E-state index contributed by atoms with van der Waals surface area (Å²) in [7, 11) is 0. The molecular weight excluding hydrogens is 266 g/mol. The summed E-state index contributed by atoms with van der Waals surface area (Å²) >= 11 is 0. The molecule has 1 aliphatic heterocycles. The minimum atomic E-state index is -0.534. The highest BCUT2D eigenvalue weighted by atomic mass is 16.2. The van der Waals surface area contributed by atoms with E-state index in [1.807, 2.05) is 45.0 Å². The first-order valence-corrected chi connectivity index (χ1v) is 7.48. The van der Waals surface area contributed by atoms with Crippen molar-refractivity contribution < 1.29 is 9.59 Å². The van der Waals surface area contributed by atoms with Gasteiger partial charge in [-0.3, -0.25) is 4.79 Å². The lowest BCUT2D eigenvalue weighted by atomic mass is 9.98. The van der Waals surface area contributed by atoms with Gasteiger partial charge >= 0.3 is 6.03 Å². The van der Waals surface area contributed by atoms with E-state index in [-0.39, 0.29) is 11.9 Å². The molecule has 3 amide bonds. The third kappa shape index (κ3) is 3.01. The van der Waals surface area contributed by atoms with Crippen LogP contribution in [0.5, 0.6) is 0 Å². The number of rotatable bonds is 3. The van der Waals surface area contributed by atoms with Crippen LogP contribution >= 0.6 is 0 Å². The van der Waals surface area contributed by atoms with Crippen molar-refractivity contribution in [3.05, 3.63) is 35.4 Å². The molecule has 5 heteroatoms. The number of carbonyl (C=O) groups excluding carboxylic acids is 2. The summed E-state index contributed by atoms with van der Waals surface area (Å²) in [6, 6.07) is 7.14. The van der Waals surface area contributed by atoms with E-state index in [2.05, 4.69) is 5.32 Å². The second kappa shape index (κ2) is 6.61. The zero-order valence-corrected chi connectivity index (χ0v) is 12.9. The van der Waals surface area contributed by atoms with E-state index < -0.39 is 6.04 Å². The van der Waals surface area contributed by atoms with Gasteiger partial charge in [0.1, 0.15) is 6.04 Å². The van der Waals surface area contributed by atoms with Gasteiger partial charge in [-0.2, -0.15) is 0 Å². The maximum atomic E-state index is 12.7. The number of nitrogens with one attached hydrogen (secondary N) is 1. The Kier molecular flexibility index (Phi) is 4.83. The highest BCUT2D eigenvalue weighted by Gasteiger charge is 2.36. The molecule has 1 aromatic rings. The third-order valence-electron chi connectivity index (χ3n) is 3.97. The molecule has 0 spiro atoms. The molecule has 0 saturated carbocycles.